The van der Waals surface area contributed by atoms with E-state index in [-0.39, 0.29) is 24.8 Å². The summed E-state index contributed by atoms with van der Waals surface area (Å²) in [5, 5.41) is 0.888. The minimum absolute atomic E-state index is 0.0212. The van der Waals surface area contributed by atoms with Crippen LogP contribution in [0.4, 0.5) is 0 Å². The second kappa shape index (κ2) is 13.5. The molecule has 0 bridgehead atoms. The predicted octanol–water partition coefficient (Wildman–Crippen LogP) is 3.78. The van der Waals surface area contributed by atoms with Gasteiger partial charge in [0.25, 0.3) is 0 Å². The zero-order valence-electron chi connectivity index (χ0n) is 22.9. The van der Waals surface area contributed by atoms with Crippen LogP contribution in [0.3, 0.4) is 0 Å². The van der Waals surface area contributed by atoms with Crippen molar-refractivity contribution in [3.05, 3.63) is 36.1 Å². The minimum atomic E-state index is -3.72. The Morgan fingerprint density at radius 3 is 2.42 bits per heavy atom. The molecule has 1 aromatic carbocycles. The second-order valence-corrected chi connectivity index (χ2v) is 12.7. The topological polar surface area (TPSA) is 127 Å². The Bertz CT molecular complexity index is 1140. The fourth-order valence-electron chi connectivity index (χ4n) is 4.54. The monoisotopic (exact) mass is 551 g/mol. The van der Waals surface area contributed by atoms with Crippen molar-refractivity contribution in [3.8, 4) is 0 Å². The molecule has 1 unspecified atom stereocenters. The van der Waals surface area contributed by atoms with Gasteiger partial charge in [-0.1, -0.05) is 45.9 Å². The van der Waals surface area contributed by atoms with Gasteiger partial charge in [-0.25, -0.2) is 18.7 Å². The van der Waals surface area contributed by atoms with Gasteiger partial charge < -0.3 is 9.15 Å². The van der Waals surface area contributed by atoms with E-state index in [0.717, 1.165) is 28.9 Å². The number of hydrogen-bond donors (Lipinski definition) is 2. The molecule has 1 aliphatic heterocycles. The smallest absolute Gasteiger partial charge is 0.248 e. The fraction of sp³-hybridized carbons (Fsp3) is 0.630. The van der Waals surface area contributed by atoms with Gasteiger partial charge in [-0.05, 0) is 43.2 Å². The van der Waals surface area contributed by atoms with E-state index in [0.29, 0.717) is 30.8 Å². The first-order valence-electron chi connectivity index (χ1n) is 13.3. The molecule has 2 heterocycles. The lowest BCUT2D eigenvalue weighted by atomic mass is 9.81. The first-order valence-corrected chi connectivity index (χ1v) is 15.1. The minimum Gasteiger partial charge on any atom is -0.461 e. The number of carbonyl (C=O) groups excluding carboxylic acids is 2. The van der Waals surface area contributed by atoms with Gasteiger partial charge in [0, 0.05) is 31.4 Å². The molecule has 38 heavy (non-hydrogen) atoms. The summed E-state index contributed by atoms with van der Waals surface area (Å²) in [6.45, 7) is 8.29. The zero-order valence-corrected chi connectivity index (χ0v) is 23.8. The highest BCUT2D eigenvalue weighted by Crippen LogP contribution is 2.29. The second-order valence-electron chi connectivity index (χ2n) is 10.8. The molecule has 2 N–H and O–H groups in total. The van der Waals surface area contributed by atoms with E-state index in [1.807, 2.05) is 58.0 Å². The third-order valence-corrected chi connectivity index (χ3v) is 7.42. The Hall–Kier alpha value is -2.47. The SMILES string of the molecule is CC(C)C[C@@H](C(=O)NN(CC(C)C)S(C)(=O)=O)[C@H](Cc1cc2ccccc2o1)C(=O)NOC1CCCCO1. The van der Waals surface area contributed by atoms with Gasteiger partial charge in [-0.2, -0.15) is 0 Å². The largest absolute Gasteiger partial charge is 0.461 e. The highest BCUT2D eigenvalue weighted by Gasteiger charge is 2.37. The highest BCUT2D eigenvalue weighted by molar-refractivity contribution is 7.88. The van der Waals surface area contributed by atoms with Crippen LogP contribution in [0.2, 0.25) is 0 Å². The Morgan fingerprint density at radius 1 is 1.08 bits per heavy atom. The van der Waals surface area contributed by atoms with Crippen molar-refractivity contribution in [3.63, 3.8) is 0 Å². The van der Waals surface area contributed by atoms with E-state index in [9.17, 15) is 18.0 Å². The number of hydroxylamine groups is 1. The number of para-hydroxylation sites is 1. The molecule has 1 fully saturated rings. The molecule has 10 nitrogen and oxygen atoms in total. The van der Waals surface area contributed by atoms with Gasteiger partial charge in [0.15, 0.2) is 6.29 Å². The molecule has 2 amide bonds. The maximum Gasteiger partial charge on any atom is 0.248 e. The molecule has 1 saturated heterocycles. The molecule has 3 rings (SSSR count). The summed E-state index contributed by atoms with van der Waals surface area (Å²) in [5.74, 6) is -2.20. The van der Waals surface area contributed by atoms with Crippen LogP contribution in [0, 0.1) is 23.7 Å². The van der Waals surface area contributed by atoms with Gasteiger partial charge in [-0.3, -0.25) is 15.0 Å². The van der Waals surface area contributed by atoms with E-state index >= 15 is 0 Å². The van der Waals surface area contributed by atoms with Gasteiger partial charge in [0.2, 0.25) is 21.8 Å². The van der Waals surface area contributed by atoms with Gasteiger partial charge in [0.1, 0.15) is 11.3 Å². The first kappa shape index (κ1) is 30.1. The quantitative estimate of drug-likeness (QED) is 0.363. The number of carbonyl (C=O) groups is 2. The third kappa shape index (κ3) is 8.79. The number of amides is 2. The number of ether oxygens (including phenoxy) is 1. The number of fused-ring (bicyclic) bond motifs is 1. The summed E-state index contributed by atoms with van der Waals surface area (Å²) in [7, 11) is -3.72. The fourth-order valence-corrected chi connectivity index (χ4v) is 5.36. The molecule has 212 valence electrons. The van der Waals surface area contributed by atoms with Crippen molar-refractivity contribution >= 4 is 32.8 Å². The molecule has 3 atom stereocenters. The number of benzene rings is 1. The average Bonchev–Trinajstić information content (AvgIpc) is 3.26. The van der Waals surface area contributed by atoms with E-state index in [4.69, 9.17) is 14.0 Å². The highest BCUT2D eigenvalue weighted by atomic mass is 32.2. The molecular weight excluding hydrogens is 510 g/mol. The Kier molecular flexibility index (Phi) is 10.7. The summed E-state index contributed by atoms with van der Waals surface area (Å²) < 4.78 is 37.3. The van der Waals surface area contributed by atoms with E-state index < -0.39 is 40.0 Å². The predicted molar refractivity (Wildman–Crippen MR) is 144 cm³/mol. The maximum atomic E-state index is 13.6. The summed E-state index contributed by atoms with van der Waals surface area (Å²) >= 11 is 0. The number of nitrogens with one attached hydrogen (secondary N) is 2. The van der Waals surface area contributed by atoms with E-state index in [2.05, 4.69) is 10.9 Å². The number of sulfonamides is 1. The summed E-state index contributed by atoms with van der Waals surface area (Å²) in [6.07, 6.45) is 3.49. The van der Waals surface area contributed by atoms with Crippen LogP contribution in [0.15, 0.2) is 34.7 Å². The first-order chi connectivity index (χ1) is 17.9. The van der Waals surface area contributed by atoms with Crippen molar-refractivity contribution in [1.29, 1.82) is 0 Å². The van der Waals surface area contributed by atoms with Crippen molar-refractivity contribution in [1.82, 2.24) is 15.3 Å². The lowest BCUT2D eigenvalue weighted by molar-refractivity contribution is -0.203. The lowest BCUT2D eigenvalue weighted by Gasteiger charge is -2.30. The number of furan rings is 1. The van der Waals surface area contributed by atoms with Crippen molar-refractivity contribution in [2.75, 3.05) is 19.4 Å². The van der Waals surface area contributed by atoms with Crippen LogP contribution in [0.5, 0.6) is 0 Å². The molecule has 1 aliphatic rings. The lowest BCUT2D eigenvalue weighted by Crippen LogP contribution is -2.52. The van der Waals surface area contributed by atoms with Crippen molar-refractivity contribution in [2.45, 2.75) is 66.1 Å². The average molecular weight is 552 g/mol. The van der Waals surface area contributed by atoms with Gasteiger partial charge in [-0.15, -0.1) is 4.41 Å². The molecule has 0 radical (unpaired) electrons. The van der Waals surface area contributed by atoms with Crippen LogP contribution < -0.4 is 10.9 Å². The van der Waals surface area contributed by atoms with Gasteiger partial charge in [0.05, 0.1) is 18.1 Å². The van der Waals surface area contributed by atoms with E-state index in [1.165, 1.54) is 0 Å². The van der Waals surface area contributed by atoms with Crippen molar-refractivity contribution in [2.24, 2.45) is 23.7 Å². The third-order valence-electron chi connectivity index (χ3n) is 6.38. The molecule has 11 heteroatoms. The standard InChI is InChI=1S/C27H41N3O7S/c1-18(2)14-22(26(31)28-30(17-19(3)4)38(5,33)34)23(27(32)29-37-25-12-8-9-13-35-25)16-21-15-20-10-6-7-11-24(20)36-21/h6-7,10-11,15,18-19,22-23,25H,8-9,12-14,16-17H2,1-5H3,(H,28,31)(H,29,32)/t22-,23+,25?/m1/s1. The van der Waals surface area contributed by atoms with Gasteiger partial charge >= 0.3 is 0 Å². The summed E-state index contributed by atoms with van der Waals surface area (Å²) in [4.78, 5) is 32.7. The molecular formula is C27H41N3O7S. The Morgan fingerprint density at radius 2 is 1.82 bits per heavy atom. The van der Waals surface area contributed by atoms with E-state index in [1.54, 1.807) is 0 Å². The number of rotatable bonds is 13. The summed E-state index contributed by atoms with van der Waals surface area (Å²) in [6, 6.07) is 9.36. The van der Waals surface area contributed by atoms with Crippen LogP contribution in [0.1, 0.15) is 59.1 Å². The van der Waals surface area contributed by atoms with Crippen LogP contribution >= 0.6 is 0 Å². The molecule has 2 aromatic rings. The molecule has 0 spiro atoms. The van der Waals surface area contributed by atoms with Crippen LogP contribution in [0.25, 0.3) is 11.0 Å². The number of nitrogens with zero attached hydrogens (tertiary/aromatic N) is 1. The Balaban J connectivity index is 1.89. The number of hydrazine groups is 1. The number of hydrogen-bond acceptors (Lipinski definition) is 7. The molecule has 0 saturated carbocycles. The summed E-state index contributed by atoms with van der Waals surface area (Å²) in [5.41, 5.74) is 5.77. The van der Waals surface area contributed by atoms with Crippen LogP contribution in [-0.2, 0) is 35.6 Å². The molecule has 1 aromatic heterocycles. The van der Waals surface area contributed by atoms with Crippen LogP contribution in [-0.4, -0.2) is 50.3 Å². The van der Waals surface area contributed by atoms with Crippen molar-refractivity contribution < 1.29 is 32.0 Å². The Labute approximate surface area is 225 Å². The zero-order chi connectivity index (χ0) is 27.9. The maximum absolute atomic E-state index is 13.6. The normalized spacial score (nSPS) is 18.2. The molecule has 0 aliphatic carbocycles.